The molecule has 4 heteroatoms. The van der Waals surface area contributed by atoms with E-state index in [4.69, 9.17) is 0 Å². The Labute approximate surface area is 250 Å². The van der Waals surface area contributed by atoms with Crippen molar-refractivity contribution in [1.82, 2.24) is 0 Å². The number of hydrogen-bond donors (Lipinski definition) is 0. The third kappa shape index (κ3) is 3.55. The molecule has 0 N–H and O–H groups in total. The maximum Gasteiger partial charge on any atom is 0.123 e. The largest absolute Gasteiger partial charge is 0.207 e. The molecule has 0 saturated heterocycles. The molecule has 0 aromatic heterocycles. The van der Waals surface area contributed by atoms with Gasteiger partial charge in [-0.15, -0.1) is 0 Å². The van der Waals surface area contributed by atoms with Gasteiger partial charge in [-0.2, -0.15) is 0 Å². The molecule has 0 unspecified atom stereocenters. The van der Waals surface area contributed by atoms with Gasteiger partial charge in [0.15, 0.2) is 0 Å². The first kappa shape index (κ1) is 24.2. The van der Waals surface area contributed by atoms with Crippen LogP contribution in [0.1, 0.15) is 0 Å². The van der Waals surface area contributed by atoms with Gasteiger partial charge in [-0.25, -0.2) is 8.78 Å². The lowest BCUT2D eigenvalue weighted by molar-refractivity contribution is 0.627. The first-order valence-electron chi connectivity index (χ1n) is 13.8. The Morgan fingerprint density at radius 2 is 0.762 bits per heavy atom. The van der Waals surface area contributed by atoms with Crippen LogP contribution in [0.3, 0.4) is 0 Å². The Hall–Kier alpha value is -4.38. The van der Waals surface area contributed by atoms with Gasteiger partial charge in [0, 0.05) is 30.4 Å². The van der Waals surface area contributed by atoms with Crippen LogP contribution < -0.4 is 0 Å². The monoisotopic (exact) mass is 578 g/mol. The van der Waals surface area contributed by atoms with E-state index in [1.165, 1.54) is 87.6 Å². The molecule has 0 radical (unpaired) electrons. The Morgan fingerprint density at radius 1 is 0.381 bits per heavy atom. The molecular weight excluding hydrogens is 559 g/mol. The third-order valence-corrected chi connectivity index (χ3v) is 10.7. The molecule has 42 heavy (non-hydrogen) atoms. The second-order valence-electron chi connectivity index (χ2n) is 10.7. The van der Waals surface area contributed by atoms with E-state index >= 15 is 0 Å². The molecule has 0 saturated carbocycles. The summed E-state index contributed by atoms with van der Waals surface area (Å²) in [6.07, 6.45) is 0. The van der Waals surface area contributed by atoms with Crippen molar-refractivity contribution < 1.29 is 8.78 Å². The predicted octanol–water partition coefficient (Wildman–Crippen LogP) is 11.9. The summed E-state index contributed by atoms with van der Waals surface area (Å²) in [5.74, 6) is -0.460. The highest BCUT2D eigenvalue weighted by molar-refractivity contribution is 8.00. The summed E-state index contributed by atoms with van der Waals surface area (Å²) in [4.78, 5) is 4.97. The minimum absolute atomic E-state index is 0.230. The number of benzene rings is 7. The molecule has 0 spiro atoms. The fourth-order valence-corrected chi connectivity index (χ4v) is 8.66. The van der Waals surface area contributed by atoms with Gasteiger partial charge in [-0.05, 0) is 116 Å². The van der Waals surface area contributed by atoms with Crippen LogP contribution in [-0.4, -0.2) is 0 Å². The van der Waals surface area contributed by atoms with E-state index in [1.807, 2.05) is 47.8 Å². The van der Waals surface area contributed by atoms with Crippen molar-refractivity contribution >= 4 is 45.1 Å². The lowest BCUT2D eigenvalue weighted by Gasteiger charge is -2.29. The Bertz CT molecular complexity index is 2090. The Kier molecular flexibility index (Phi) is 5.23. The van der Waals surface area contributed by atoms with E-state index in [9.17, 15) is 8.78 Å². The Morgan fingerprint density at radius 3 is 1.19 bits per heavy atom. The maximum absolute atomic E-state index is 13.7. The molecule has 9 rings (SSSR count). The van der Waals surface area contributed by atoms with Gasteiger partial charge in [-0.3, -0.25) is 0 Å². The zero-order valence-electron chi connectivity index (χ0n) is 22.1. The van der Waals surface area contributed by atoms with Crippen LogP contribution >= 0.6 is 23.5 Å². The second-order valence-corrected chi connectivity index (χ2v) is 12.9. The predicted molar refractivity (Wildman–Crippen MR) is 171 cm³/mol. The van der Waals surface area contributed by atoms with E-state index < -0.39 is 0 Å². The van der Waals surface area contributed by atoms with Crippen molar-refractivity contribution in [3.63, 3.8) is 0 Å². The summed E-state index contributed by atoms with van der Waals surface area (Å²) in [5, 5.41) is 5.03. The van der Waals surface area contributed by atoms with Crippen molar-refractivity contribution in [3.8, 4) is 44.5 Å². The zero-order valence-corrected chi connectivity index (χ0v) is 23.8. The van der Waals surface area contributed by atoms with Gasteiger partial charge in [0.05, 0.1) is 0 Å². The maximum atomic E-state index is 13.7. The van der Waals surface area contributed by atoms with Gasteiger partial charge in [0.2, 0.25) is 0 Å². The summed E-state index contributed by atoms with van der Waals surface area (Å²) >= 11 is 3.64. The van der Waals surface area contributed by atoms with E-state index in [1.54, 1.807) is 0 Å². The third-order valence-electron chi connectivity index (χ3n) is 8.39. The topological polar surface area (TPSA) is 0 Å². The minimum Gasteiger partial charge on any atom is -0.207 e. The lowest BCUT2D eigenvalue weighted by atomic mass is 9.84. The standard InChI is InChI=1S/C38H20F2S2/c39-25-11-5-21(6-12-25)23-9-15-31-29(19-23)35-27-3-1-2-4-28(27)36-30-20-24(22-7-13-26(40)14-8-22)10-16-32(30)42-34-18-17-33(41-31)37(35)38(34)36/h1-20H. The fraction of sp³-hybridized carbons (Fsp3) is 0. The van der Waals surface area contributed by atoms with E-state index in [2.05, 4.69) is 72.8 Å². The summed E-state index contributed by atoms with van der Waals surface area (Å²) < 4.78 is 27.4. The first-order valence-corrected chi connectivity index (χ1v) is 15.4. The van der Waals surface area contributed by atoms with Crippen molar-refractivity contribution in [1.29, 1.82) is 0 Å². The smallest absolute Gasteiger partial charge is 0.123 e. The molecule has 0 aliphatic carbocycles. The van der Waals surface area contributed by atoms with Gasteiger partial charge < -0.3 is 0 Å². The zero-order chi connectivity index (χ0) is 27.9. The number of fused-ring (bicyclic) bond motifs is 7. The highest BCUT2D eigenvalue weighted by Gasteiger charge is 2.30. The van der Waals surface area contributed by atoms with Gasteiger partial charge >= 0.3 is 0 Å². The molecule has 0 amide bonds. The number of hydrogen-bond acceptors (Lipinski definition) is 2. The lowest BCUT2D eigenvalue weighted by Crippen LogP contribution is -2.01. The van der Waals surface area contributed by atoms with E-state index in [0.29, 0.717) is 0 Å². The van der Waals surface area contributed by atoms with Gasteiger partial charge in [0.25, 0.3) is 0 Å². The van der Waals surface area contributed by atoms with Gasteiger partial charge in [0.1, 0.15) is 11.6 Å². The average Bonchev–Trinajstić information content (AvgIpc) is 3.03. The molecule has 7 aromatic rings. The molecule has 0 bridgehead atoms. The second kappa shape index (κ2) is 9.06. The Balaban J connectivity index is 1.36. The van der Waals surface area contributed by atoms with Crippen molar-refractivity contribution in [3.05, 3.63) is 133 Å². The number of rotatable bonds is 2. The minimum atomic E-state index is -0.230. The van der Waals surface area contributed by atoms with Crippen molar-refractivity contribution in [2.24, 2.45) is 0 Å². The van der Waals surface area contributed by atoms with Gasteiger partial charge in [-0.1, -0.05) is 84.2 Å². The highest BCUT2D eigenvalue weighted by Crippen LogP contribution is 2.59. The molecule has 0 fully saturated rings. The van der Waals surface area contributed by atoms with Crippen molar-refractivity contribution in [2.75, 3.05) is 0 Å². The molecule has 7 aromatic carbocycles. The quantitative estimate of drug-likeness (QED) is 0.187. The molecular formula is C38H20F2S2. The molecule has 198 valence electrons. The van der Waals surface area contributed by atoms with Crippen LogP contribution in [0.2, 0.25) is 0 Å². The van der Waals surface area contributed by atoms with E-state index in [0.717, 1.165) is 22.3 Å². The van der Waals surface area contributed by atoms with Crippen molar-refractivity contribution in [2.45, 2.75) is 19.6 Å². The van der Waals surface area contributed by atoms with Crippen LogP contribution in [0.15, 0.2) is 141 Å². The highest BCUT2D eigenvalue weighted by atomic mass is 32.2. The summed E-state index contributed by atoms with van der Waals surface area (Å²) in [6.45, 7) is 0. The first-order chi connectivity index (χ1) is 20.6. The number of halogens is 2. The van der Waals surface area contributed by atoms with Crippen LogP contribution in [0.25, 0.3) is 66.1 Å². The fourth-order valence-electron chi connectivity index (χ4n) is 6.49. The average molecular weight is 579 g/mol. The van der Waals surface area contributed by atoms with E-state index in [-0.39, 0.29) is 11.6 Å². The summed E-state index contributed by atoms with van der Waals surface area (Å²) in [5.41, 5.74) is 9.10. The molecule has 2 aliphatic heterocycles. The van der Waals surface area contributed by atoms with Crippen LogP contribution in [0, 0.1) is 11.6 Å². The van der Waals surface area contributed by atoms with Crippen LogP contribution in [0.5, 0.6) is 0 Å². The molecule has 0 atom stereocenters. The van der Waals surface area contributed by atoms with Crippen LogP contribution in [-0.2, 0) is 0 Å². The molecule has 2 aliphatic rings. The summed E-state index contributed by atoms with van der Waals surface area (Å²) in [6, 6.07) is 40.0. The SMILES string of the molecule is Fc1ccc(-c2ccc3c(c2)-c2c4ccccc4c4c5c(ccc(c25)S3)Sc2ccc(-c3ccc(F)cc3)cc2-4)cc1. The molecule has 2 heterocycles. The normalized spacial score (nSPS) is 12.8. The van der Waals surface area contributed by atoms with Crippen LogP contribution in [0.4, 0.5) is 8.78 Å². The molecule has 0 nitrogen and oxygen atoms in total. The summed E-state index contributed by atoms with van der Waals surface area (Å²) in [7, 11) is 0.